The molecule has 2 aromatic rings. The smallest absolute Gasteiger partial charge is 0.231 e. The van der Waals surface area contributed by atoms with Gasteiger partial charge in [0.05, 0.1) is 0 Å². The Kier molecular flexibility index (Phi) is 8.56. The Morgan fingerprint density at radius 2 is 1.93 bits per heavy atom. The number of ether oxygens (including phenoxy) is 2. The number of nitrogens with zero attached hydrogens (tertiary/aromatic N) is 4. The molecule has 2 aliphatic rings. The predicted octanol–water partition coefficient (Wildman–Crippen LogP) is 2.75. The number of rotatable bonds is 6. The summed E-state index contributed by atoms with van der Waals surface area (Å²) in [6, 6.07) is 12.3. The molecule has 1 aromatic carbocycles. The first-order valence-corrected chi connectivity index (χ1v) is 10.4. The highest BCUT2D eigenvalue weighted by Crippen LogP contribution is 2.32. The standard InChI is InChI=1S/C22H29N5O2.HI/c1-2-23-22(25-10-8-19-5-3-4-9-24-19)27-13-11-26(12-14-27)16-18-6-7-20-21(15-18)29-17-28-20;/h3-7,9,15H,2,8,10-14,16-17H2,1H3,(H,23,25);1H. The quantitative estimate of drug-likeness (QED) is 0.357. The Balaban J connectivity index is 0.00000256. The van der Waals surface area contributed by atoms with Crippen molar-refractivity contribution in [2.75, 3.05) is 46.1 Å². The van der Waals surface area contributed by atoms with E-state index in [0.29, 0.717) is 6.79 Å². The van der Waals surface area contributed by atoms with Gasteiger partial charge in [-0.1, -0.05) is 12.1 Å². The van der Waals surface area contributed by atoms with E-state index < -0.39 is 0 Å². The maximum atomic E-state index is 5.50. The summed E-state index contributed by atoms with van der Waals surface area (Å²) in [4.78, 5) is 14.0. The fraction of sp³-hybridized carbons (Fsp3) is 0.455. The van der Waals surface area contributed by atoms with Gasteiger partial charge in [0.25, 0.3) is 0 Å². The molecule has 2 aliphatic heterocycles. The number of aliphatic imine (C=N–C) groups is 1. The van der Waals surface area contributed by atoms with Crippen molar-refractivity contribution in [1.82, 2.24) is 20.1 Å². The first kappa shape index (κ1) is 22.6. The lowest BCUT2D eigenvalue weighted by atomic mass is 10.1. The van der Waals surface area contributed by atoms with Crippen LogP contribution >= 0.6 is 24.0 Å². The van der Waals surface area contributed by atoms with E-state index in [-0.39, 0.29) is 24.0 Å². The van der Waals surface area contributed by atoms with Gasteiger partial charge in [0.1, 0.15) is 0 Å². The number of aromatic nitrogens is 1. The molecule has 0 spiro atoms. The Morgan fingerprint density at radius 3 is 2.70 bits per heavy atom. The van der Waals surface area contributed by atoms with Gasteiger partial charge in [0.2, 0.25) is 6.79 Å². The Hall–Kier alpha value is -2.07. The fourth-order valence-electron chi connectivity index (χ4n) is 3.66. The van der Waals surface area contributed by atoms with E-state index >= 15 is 0 Å². The van der Waals surface area contributed by atoms with Crippen molar-refractivity contribution in [3.8, 4) is 11.5 Å². The van der Waals surface area contributed by atoms with Gasteiger partial charge in [-0.15, -0.1) is 24.0 Å². The van der Waals surface area contributed by atoms with E-state index in [2.05, 4.69) is 45.2 Å². The molecule has 1 N–H and O–H groups in total. The molecular formula is C22H30IN5O2. The van der Waals surface area contributed by atoms with Crippen LogP contribution in [0.5, 0.6) is 11.5 Å². The summed E-state index contributed by atoms with van der Waals surface area (Å²) in [6.45, 7) is 8.96. The number of guanidine groups is 1. The van der Waals surface area contributed by atoms with E-state index in [1.807, 2.05) is 24.4 Å². The second-order valence-electron chi connectivity index (χ2n) is 7.26. The van der Waals surface area contributed by atoms with Crippen LogP contribution in [0.3, 0.4) is 0 Å². The molecule has 1 aromatic heterocycles. The molecule has 30 heavy (non-hydrogen) atoms. The fourth-order valence-corrected chi connectivity index (χ4v) is 3.66. The zero-order valence-electron chi connectivity index (χ0n) is 17.4. The number of pyridine rings is 1. The van der Waals surface area contributed by atoms with Gasteiger partial charge in [-0.3, -0.25) is 14.9 Å². The summed E-state index contributed by atoms with van der Waals surface area (Å²) in [5.41, 5.74) is 2.35. The lowest BCUT2D eigenvalue weighted by Gasteiger charge is -2.36. The van der Waals surface area contributed by atoms with E-state index in [9.17, 15) is 0 Å². The van der Waals surface area contributed by atoms with Crippen molar-refractivity contribution in [2.45, 2.75) is 19.9 Å². The molecule has 0 radical (unpaired) electrons. The van der Waals surface area contributed by atoms with Crippen molar-refractivity contribution in [3.05, 3.63) is 53.9 Å². The number of piperazine rings is 1. The molecule has 0 aliphatic carbocycles. The van der Waals surface area contributed by atoms with E-state index in [1.54, 1.807) is 0 Å². The molecule has 1 saturated heterocycles. The minimum Gasteiger partial charge on any atom is -0.454 e. The molecular weight excluding hydrogens is 493 g/mol. The first-order valence-electron chi connectivity index (χ1n) is 10.4. The van der Waals surface area contributed by atoms with E-state index in [0.717, 1.165) is 75.4 Å². The van der Waals surface area contributed by atoms with Gasteiger partial charge in [-0.05, 0) is 36.8 Å². The third-order valence-electron chi connectivity index (χ3n) is 5.21. The molecule has 1 fully saturated rings. The normalized spacial score (nSPS) is 16.3. The minimum absolute atomic E-state index is 0. The second-order valence-corrected chi connectivity index (χ2v) is 7.26. The summed E-state index contributed by atoms with van der Waals surface area (Å²) in [6.07, 6.45) is 2.70. The maximum absolute atomic E-state index is 5.50. The van der Waals surface area contributed by atoms with E-state index in [1.165, 1.54) is 5.56 Å². The number of benzene rings is 1. The van der Waals surface area contributed by atoms with Gasteiger partial charge >= 0.3 is 0 Å². The van der Waals surface area contributed by atoms with Crippen LogP contribution in [0, 0.1) is 0 Å². The molecule has 0 unspecified atom stereocenters. The number of hydrogen-bond donors (Lipinski definition) is 1. The first-order chi connectivity index (χ1) is 14.3. The summed E-state index contributed by atoms with van der Waals surface area (Å²) < 4.78 is 10.9. The highest BCUT2D eigenvalue weighted by atomic mass is 127. The van der Waals surface area contributed by atoms with Gasteiger partial charge < -0.3 is 19.7 Å². The molecule has 3 heterocycles. The van der Waals surface area contributed by atoms with Crippen LogP contribution in [-0.4, -0.2) is 66.8 Å². The van der Waals surface area contributed by atoms with Gasteiger partial charge in [0, 0.05) is 64.1 Å². The van der Waals surface area contributed by atoms with Crippen LogP contribution < -0.4 is 14.8 Å². The van der Waals surface area contributed by atoms with Crippen molar-refractivity contribution < 1.29 is 9.47 Å². The predicted molar refractivity (Wildman–Crippen MR) is 129 cm³/mol. The molecule has 0 amide bonds. The highest BCUT2D eigenvalue weighted by Gasteiger charge is 2.20. The molecule has 4 rings (SSSR count). The zero-order chi connectivity index (χ0) is 19.9. The molecule has 7 nitrogen and oxygen atoms in total. The van der Waals surface area contributed by atoms with Crippen LogP contribution in [0.1, 0.15) is 18.2 Å². The largest absolute Gasteiger partial charge is 0.454 e. The monoisotopic (exact) mass is 523 g/mol. The Bertz CT molecular complexity index is 826. The summed E-state index contributed by atoms with van der Waals surface area (Å²) in [5.74, 6) is 2.71. The number of nitrogens with one attached hydrogen (secondary N) is 1. The molecule has 8 heteroatoms. The van der Waals surface area contributed by atoms with Crippen molar-refractivity contribution in [2.24, 2.45) is 4.99 Å². The molecule has 0 saturated carbocycles. The van der Waals surface area contributed by atoms with Crippen LogP contribution in [0.4, 0.5) is 0 Å². The van der Waals surface area contributed by atoms with Crippen LogP contribution in [-0.2, 0) is 13.0 Å². The van der Waals surface area contributed by atoms with Gasteiger partial charge in [-0.2, -0.15) is 0 Å². The summed E-state index contributed by atoms with van der Waals surface area (Å²) >= 11 is 0. The number of hydrogen-bond acceptors (Lipinski definition) is 5. The average Bonchev–Trinajstić information content (AvgIpc) is 3.22. The summed E-state index contributed by atoms with van der Waals surface area (Å²) in [7, 11) is 0. The van der Waals surface area contributed by atoms with Crippen LogP contribution in [0.25, 0.3) is 0 Å². The number of fused-ring (bicyclic) bond motifs is 1. The molecule has 0 bridgehead atoms. The summed E-state index contributed by atoms with van der Waals surface area (Å²) in [5, 5.41) is 3.44. The van der Waals surface area contributed by atoms with E-state index in [4.69, 9.17) is 14.5 Å². The van der Waals surface area contributed by atoms with Crippen molar-refractivity contribution >= 4 is 29.9 Å². The average molecular weight is 523 g/mol. The Morgan fingerprint density at radius 1 is 1.10 bits per heavy atom. The molecule has 0 atom stereocenters. The van der Waals surface area contributed by atoms with Crippen LogP contribution in [0.15, 0.2) is 47.6 Å². The third-order valence-corrected chi connectivity index (χ3v) is 5.21. The number of halogens is 1. The lowest BCUT2D eigenvalue weighted by molar-refractivity contribution is 0.171. The molecule has 162 valence electrons. The van der Waals surface area contributed by atoms with Crippen LogP contribution in [0.2, 0.25) is 0 Å². The second kappa shape index (κ2) is 11.4. The van der Waals surface area contributed by atoms with Gasteiger partial charge in [0.15, 0.2) is 17.5 Å². The SMILES string of the molecule is CCNC(=NCCc1ccccn1)N1CCN(Cc2ccc3c(c2)OCO3)CC1.I. The third kappa shape index (κ3) is 5.98. The van der Waals surface area contributed by atoms with Gasteiger partial charge in [-0.25, -0.2) is 0 Å². The zero-order valence-corrected chi connectivity index (χ0v) is 19.7. The van der Waals surface area contributed by atoms with Crippen molar-refractivity contribution in [3.63, 3.8) is 0 Å². The minimum atomic E-state index is 0. The topological polar surface area (TPSA) is 62.2 Å². The lowest BCUT2D eigenvalue weighted by Crippen LogP contribution is -2.52. The maximum Gasteiger partial charge on any atom is 0.231 e. The van der Waals surface area contributed by atoms with Crippen molar-refractivity contribution in [1.29, 1.82) is 0 Å². The Labute approximate surface area is 195 Å². The highest BCUT2D eigenvalue weighted by molar-refractivity contribution is 14.0.